The van der Waals surface area contributed by atoms with Crippen LogP contribution in [0.3, 0.4) is 0 Å². The van der Waals surface area contributed by atoms with Gasteiger partial charge in [0.25, 0.3) is 0 Å². The fraction of sp³-hybridized carbons (Fsp3) is 0.222. The van der Waals surface area contributed by atoms with E-state index in [0.717, 1.165) is 16.8 Å². The Kier molecular flexibility index (Phi) is 6.11. The quantitative estimate of drug-likeness (QED) is 0.596. The Morgan fingerprint density at radius 2 is 1.74 bits per heavy atom. The SMILES string of the molecule is Cc1cccc(NC(=S)NNC(=O)CCc2ccccc2)c1C. The minimum atomic E-state index is -0.0982. The van der Waals surface area contributed by atoms with Crippen molar-refractivity contribution in [3.05, 3.63) is 65.2 Å². The third-order valence-electron chi connectivity index (χ3n) is 3.65. The van der Waals surface area contributed by atoms with Gasteiger partial charge in [-0.1, -0.05) is 42.5 Å². The van der Waals surface area contributed by atoms with Gasteiger partial charge in [-0.3, -0.25) is 15.6 Å². The van der Waals surface area contributed by atoms with Crippen LogP contribution in [0.25, 0.3) is 0 Å². The summed E-state index contributed by atoms with van der Waals surface area (Å²) in [5, 5.41) is 3.45. The molecule has 2 rings (SSSR count). The van der Waals surface area contributed by atoms with E-state index in [1.165, 1.54) is 5.56 Å². The Labute approximate surface area is 142 Å². The van der Waals surface area contributed by atoms with Crippen molar-refractivity contribution >= 4 is 28.9 Å². The number of hydrogen-bond acceptors (Lipinski definition) is 2. The van der Waals surface area contributed by atoms with Gasteiger partial charge in [-0.25, -0.2) is 0 Å². The number of aryl methyl sites for hydroxylation is 2. The first-order valence-corrected chi connectivity index (χ1v) is 7.93. The zero-order valence-electron chi connectivity index (χ0n) is 13.3. The second-order valence-electron chi connectivity index (χ2n) is 5.36. The fourth-order valence-corrected chi connectivity index (χ4v) is 2.29. The van der Waals surface area contributed by atoms with Crippen LogP contribution in [0.4, 0.5) is 5.69 Å². The zero-order valence-corrected chi connectivity index (χ0v) is 14.2. The highest BCUT2D eigenvalue weighted by Gasteiger charge is 2.05. The molecule has 0 aliphatic rings. The van der Waals surface area contributed by atoms with Gasteiger partial charge >= 0.3 is 0 Å². The van der Waals surface area contributed by atoms with Gasteiger partial charge in [0.05, 0.1) is 0 Å². The molecule has 0 unspecified atom stereocenters. The van der Waals surface area contributed by atoms with E-state index in [1.54, 1.807) is 0 Å². The summed E-state index contributed by atoms with van der Waals surface area (Å²) in [5.74, 6) is -0.0982. The smallest absolute Gasteiger partial charge is 0.238 e. The molecule has 0 bridgehead atoms. The number of anilines is 1. The summed E-state index contributed by atoms with van der Waals surface area (Å²) in [6, 6.07) is 15.9. The van der Waals surface area contributed by atoms with Crippen LogP contribution in [0.5, 0.6) is 0 Å². The standard InChI is InChI=1S/C18H21N3OS/c1-13-7-6-10-16(14(13)2)19-18(23)21-20-17(22)12-11-15-8-4-3-5-9-15/h3-10H,11-12H2,1-2H3,(H,20,22)(H2,19,21,23). The van der Waals surface area contributed by atoms with Crippen molar-refractivity contribution in [2.24, 2.45) is 0 Å². The lowest BCUT2D eigenvalue weighted by Gasteiger charge is -2.14. The van der Waals surface area contributed by atoms with E-state index in [-0.39, 0.29) is 5.91 Å². The van der Waals surface area contributed by atoms with Crippen molar-refractivity contribution in [2.75, 3.05) is 5.32 Å². The molecule has 0 aliphatic carbocycles. The van der Waals surface area contributed by atoms with Crippen LogP contribution < -0.4 is 16.2 Å². The maximum absolute atomic E-state index is 11.8. The Morgan fingerprint density at radius 1 is 1.00 bits per heavy atom. The van der Waals surface area contributed by atoms with E-state index in [4.69, 9.17) is 12.2 Å². The van der Waals surface area contributed by atoms with E-state index in [1.807, 2.05) is 62.4 Å². The summed E-state index contributed by atoms with van der Waals surface area (Å²) >= 11 is 5.20. The maximum Gasteiger partial charge on any atom is 0.238 e. The van der Waals surface area contributed by atoms with E-state index in [2.05, 4.69) is 16.2 Å². The molecule has 23 heavy (non-hydrogen) atoms. The third-order valence-corrected chi connectivity index (χ3v) is 3.86. The minimum Gasteiger partial charge on any atom is -0.331 e. The van der Waals surface area contributed by atoms with Crippen molar-refractivity contribution in [1.29, 1.82) is 0 Å². The summed E-state index contributed by atoms with van der Waals surface area (Å²) in [4.78, 5) is 11.8. The number of amides is 1. The molecule has 2 aromatic carbocycles. The fourth-order valence-electron chi connectivity index (χ4n) is 2.13. The van der Waals surface area contributed by atoms with Crippen molar-refractivity contribution < 1.29 is 4.79 Å². The molecular weight excluding hydrogens is 306 g/mol. The maximum atomic E-state index is 11.8. The van der Waals surface area contributed by atoms with Gasteiger partial charge in [-0.15, -0.1) is 0 Å². The lowest BCUT2D eigenvalue weighted by atomic mass is 10.1. The molecule has 0 atom stereocenters. The number of hydrogen-bond donors (Lipinski definition) is 3. The molecule has 0 fully saturated rings. The highest BCUT2D eigenvalue weighted by Crippen LogP contribution is 2.17. The van der Waals surface area contributed by atoms with Crippen LogP contribution in [0.2, 0.25) is 0 Å². The molecule has 0 heterocycles. The van der Waals surface area contributed by atoms with Gasteiger partial charge in [0, 0.05) is 12.1 Å². The second-order valence-corrected chi connectivity index (χ2v) is 5.77. The molecule has 120 valence electrons. The summed E-state index contributed by atoms with van der Waals surface area (Å²) in [6.07, 6.45) is 1.11. The summed E-state index contributed by atoms with van der Waals surface area (Å²) in [7, 11) is 0. The Balaban J connectivity index is 1.75. The molecule has 0 aromatic heterocycles. The summed E-state index contributed by atoms with van der Waals surface area (Å²) in [6.45, 7) is 4.07. The van der Waals surface area contributed by atoms with Crippen molar-refractivity contribution in [1.82, 2.24) is 10.9 Å². The van der Waals surface area contributed by atoms with E-state index < -0.39 is 0 Å². The number of carbonyl (C=O) groups excluding carboxylic acids is 1. The molecule has 4 nitrogen and oxygen atoms in total. The van der Waals surface area contributed by atoms with Crippen LogP contribution >= 0.6 is 12.2 Å². The lowest BCUT2D eigenvalue weighted by Crippen LogP contribution is -2.43. The molecule has 2 aromatic rings. The number of benzene rings is 2. The predicted octanol–water partition coefficient (Wildman–Crippen LogP) is 3.25. The van der Waals surface area contributed by atoms with Gasteiger partial charge in [0.2, 0.25) is 5.91 Å². The highest BCUT2D eigenvalue weighted by molar-refractivity contribution is 7.80. The first kappa shape index (κ1) is 17.0. The van der Waals surface area contributed by atoms with Gasteiger partial charge < -0.3 is 5.32 Å². The van der Waals surface area contributed by atoms with Crippen molar-refractivity contribution in [3.8, 4) is 0 Å². The first-order chi connectivity index (χ1) is 11.1. The van der Waals surface area contributed by atoms with Gasteiger partial charge in [0.15, 0.2) is 5.11 Å². The summed E-state index contributed by atoms with van der Waals surface area (Å²) < 4.78 is 0. The van der Waals surface area contributed by atoms with Crippen LogP contribution in [0.1, 0.15) is 23.1 Å². The Bertz CT molecular complexity index is 686. The molecular formula is C18H21N3OS. The zero-order chi connectivity index (χ0) is 16.7. The van der Waals surface area contributed by atoms with E-state index >= 15 is 0 Å². The number of rotatable bonds is 4. The van der Waals surface area contributed by atoms with E-state index in [9.17, 15) is 4.79 Å². The molecule has 3 N–H and O–H groups in total. The van der Waals surface area contributed by atoms with Crippen molar-refractivity contribution in [3.63, 3.8) is 0 Å². The summed E-state index contributed by atoms with van der Waals surface area (Å²) in [5.41, 5.74) is 9.73. The molecule has 0 aliphatic heterocycles. The number of hydrazine groups is 1. The molecule has 0 radical (unpaired) electrons. The van der Waals surface area contributed by atoms with Crippen LogP contribution in [-0.2, 0) is 11.2 Å². The van der Waals surface area contributed by atoms with Crippen molar-refractivity contribution in [2.45, 2.75) is 26.7 Å². The average molecular weight is 327 g/mol. The van der Waals surface area contributed by atoms with Crippen LogP contribution in [0.15, 0.2) is 48.5 Å². The molecule has 1 amide bonds. The molecule has 0 saturated carbocycles. The normalized spacial score (nSPS) is 10.0. The molecule has 5 heteroatoms. The monoisotopic (exact) mass is 327 g/mol. The minimum absolute atomic E-state index is 0.0982. The third kappa shape index (κ3) is 5.38. The van der Waals surface area contributed by atoms with Crippen LogP contribution in [-0.4, -0.2) is 11.0 Å². The van der Waals surface area contributed by atoms with E-state index in [0.29, 0.717) is 18.0 Å². The second kappa shape index (κ2) is 8.29. The predicted molar refractivity (Wildman–Crippen MR) is 98.2 cm³/mol. The van der Waals surface area contributed by atoms with Gasteiger partial charge in [0.1, 0.15) is 0 Å². The van der Waals surface area contributed by atoms with Gasteiger partial charge in [-0.2, -0.15) is 0 Å². The largest absolute Gasteiger partial charge is 0.331 e. The molecule has 0 spiro atoms. The first-order valence-electron chi connectivity index (χ1n) is 7.52. The Morgan fingerprint density at radius 3 is 2.48 bits per heavy atom. The highest BCUT2D eigenvalue weighted by atomic mass is 32.1. The topological polar surface area (TPSA) is 53.2 Å². The lowest BCUT2D eigenvalue weighted by molar-refractivity contribution is -0.121. The average Bonchev–Trinajstić information content (AvgIpc) is 2.56. The molecule has 0 saturated heterocycles. The van der Waals surface area contributed by atoms with Crippen LogP contribution in [0, 0.1) is 13.8 Å². The number of thiocarbonyl (C=S) groups is 1. The number of carbonyl (C=O) groups is 1. The number of nitrogens with one attached hydrogen (secondary N) is 3. The Hall–Kier alpha value is -2.40. The van der Waals surface area contributed by atoms with Gasteiger partial charge in [-0.05, 0) is 55.2 Å².